The fraction of sp³-hybridized carbons (Fsp3) is 0.625. The fourth-order valence-corrected chi connectivity index (χ4v) is 22.3. The van der Waals surface area contributed by atoms with E-state index in [1.165, 1.54) is 8.87 Å². The van der Waals surface area contributed by atoms with Crippen molar-refractivity contribution >= 4 is 18.4 Å². The molecule has 1 aromatic rings. The van der Waals surface area contributed by atoms with Gasteiger partial charge >= 0.3 is 111 Å². The van der Waals surface area contributed by atoms with Crippen molar-refractivity contribution < 1.29 is 0 Å². The van der Waals surface area contributed by atoms with Crippen molar-refractivity contribution in [1.82, 2.24) is 0 Å². The number of fused-ring (bicyclic) bond motifs is 1. The first kappa shape index (κ1) is 13.5. The summed E-state index contributed by atoms with van der Waals surface area (Å²) in [5.41, 5.74) is 3.32. The maximum atomic E-state index is 2.50. The molecule has 0 aromatic heterocycles. The van der Waals surface area contributed by atoms with Crippen LogP contribution in [0.2, 0.25) is 6.86 Å². The first-order chi connectivity index (χ1) is 7.67. The molecular formula is C16H26Sn. The Morgan fingerprint density at radius 2 is 1.12 bits per heavy atom. The molecule has 0 N–H and O–H groups in total. The Balaban J connectivity index is 2.50. The maximum absolute atomic E-state index is 2.50. The van der Waals surface area contributed by atoms with Gasteiger partial charge in [0.15, 0.2) is 0 Å². The van der Waals surface area contributed by atoms with Crippen molar-refractivity contribution in [3.63, 3.8) is 0 Å². The molecule has 0 aliphatic carbocycles. The molecule has 0 radical (unpaired) electrons. The van der Waals surface area contributed by atoms with E-state index in [0.717, 1.165) is 0 Å². The van der Waals surface area contributed by atoms with Crippen LogP contribution in [-0.4, -0.2) is 18.4 Å². The van der Waals surface area contributed by atoms with E-state index in [-0.39, 0.29) is 0 Å². The van der Waals surface area contributed by atoms with Gasteiger partial charge in [-0.05, 0) is 0 Å². The van der Waals surface area contributed by atoms with Gasteiger partial charge in [0.1, 0.15) is 0 Å². The molecule has 2 rings (SSSR count). The first-order valence-corrected chi connectivity index (χ1v) is 13.6. The van der Waals surface area contributed by atoms with Crippen LogP contribution in [-0.2, 0) is 8.87 Å². The summed E-state index contributed by atoms with van der Waals surface area (Å²) in [6, 6.07) is 9.16. The van der Waals surface area contributed by atoms with Gasteiger partial charge < -0.3 is 0 Å². The van der Waals surface area contributed by atoms with E-state index in [2.05, 4.69) is 65.8 Å². The summed E-state index contributed by atoms with van der Waals surface area (Å²) in [6.07, 6.45) is 0. The van der Waals surface area contributed by atoms with Crippen molar-refractivity contribution in [3.8, 4) is 0 Å². The molecule has 1 aliphatic rings. The van der Waals surface area contributed by atoms with Gasteiger partial charge in [-0.15, -0.1) is 0 Å². The predicted molar refractivity (Wildman–Crippen MR) is 79.0 cm³/mol. The molecule has 0 nitrogen and oxygen atoms in total. The van der Waals surface area contributed by atoms with Crippen molar-refractivity contribution in [2.75, 3.05) is 0 Å². The van der Waals surface area contributed by atoms with Crippen LogP contribution in [0.1, 0.15) is 52.7 Å². The van der Waals surface area contributed by atoms with Gasteiger partial charge in [0.2, 0.25) is 0 Å². The molecule has 94 valence electrons. The third-order valence-electron chi connectivity index (χ3n) is 4.97. The summed E-state index contributed by atoms with van der Waals surface area (Å²) in [5.74, 6) is 0. The molecule has 0 spiro atoms. The fourth-order valence-electron chi connectivity index (χ4n) is 3.80. The van der Waals surface area contributed by atoms with Crippen molar-refractivity contribution in [2.24, 2.45) is 0 Å². The zero-order valence-electron chi connectivity index (χ0n) is 12.2. The Kier molecular flexibility index (Phi) is 3.17. The van der Waals surface area contributed by atoms with Crippen molar-refractivity contribution in [3.05, 3.63) is 35.4 Å². The second-order valence-electron chi connectivity index (χ2n) is 7.70. The second-order valence-corrected chi connectivity index (χ2v) is 24.5. The van der Waals surface area contributed by atoms with Crippen LogP contribution in [0, 0.1) is 0 Å². The molecule has 0 bridgehead atoms. The van der Waals surface area contributed by atoms with E-state index in [1.54, 1.807) is 11.1 Å². The second kappa shape index (κ2) is 4.01. The normalized spacial score (nSPS) is 19.2. The van der Waals surface area contributed by atoms with E-state index in [1.807, 2.05) is 0 Å². The third-order valence-corrected chi connectivity index (χ3v) is 27.0. The molecule has 0 unspecified atom stereocenters. The van der Waals surface area contributed by atoms with Crippen LogP contribution < -0.4 is 0 Å². The molecule has 1 heteroatoms. The Morgan fingerprint density at radius 1 is 0.765 bits per heavy atom. The molecular weight excluding hydrogens is 311 g/mol. The van der Waals surface area contributed by atoms with Crippen molar-refractivity contribution in [2.45, 2.75) is 57.3 Å². The molecule has 0 fully saturated rings. The SMILES string of the molecule is C[C](C)(C)[Sn]1([C](C)(C)C)[CH2]c2ccccc2[CH2]1. The van der Waals surface area contributed by atoms with E-state index in [0.29, 0.717) is 6.86 Å². The van der Waals surface area contributed by atoms with E-state index < -0.39 is 18.4 Å². The number of benzene rings is 1. The quantitative estimate of drug-likeness (QED) is 0.590. The summed E-state index contributed by atoms with van der Waals surface area (Å²) in [4.78, 5) is 0. The monoisotopic (exact) mass is 338 g/mol. The van der Waals surface area contributed by atoms with Crippen LogP contribution in [0.3, 0.4) is 0 Å². The van der Waals surface area contributed by atoms with Gasteiger partial charge in [0.05, 0.1) is 0 Å². The van der Waals surface area contributed by atoms with Gasteiger partial charge in [-0.1, -0.05) is 0 Å². The zero-order valence-corrected chi connectivity index (χ0v) is 15.1. The predicted octanol–water partition coefficient (Wildman–Crippen LogP) is 4.91. The number of rotatable bonds is 0. The van der Waals surface area contributed by atoms with Gasteiger partial charge in [-0.25, -0.2) is 0 Å². The molecule has 1 aromatic carbocycles. The number of hydrogen-bond acceptors (Lipinski definition) is 0. The molecule has 0 saturated carbocycles. The van der Waals surface area contributed by atoms with E-state index in [9.17, 15) is 0 Å². The van der Waals surface area contributed by atoms with Crippen LogP contribution in [0.5, 0.6) is 0 Å². The Labute approximate surface area is 111 Å². The molecule has 0 atom stereocenters. The Bertz CT molecular complexity index is 377. The van der Waals surface area contributed by atoms with Gasteiger partial charge in [0.25, 0.3) is 0 Å². The van der Waals surface area contributed by atoms with Gasteiger partial charge in [0, 0.05) is 0 Å². The van der Waals surface area contributed by atoms with Gasteiger partial charge in [-0.2, -0.15) is 0 Å². The molecule has 0 saturated heterocycles. The Hall–Kier alpha value is 0.0187. The summed E-state index contributed by atoms with van der Waals surface area (Å²) in [6.45, 7) is 15.0. The topological polar surface area (TPSA) is 0 Å². The van der Waals surface area contributed by atoms with Crippen LogP contribution >= 0.6 is 0 Å². The van der Waals surface area contributed by atoms with E-state index in [4.69, 9.17) is 0 Å². The zero-order chi connectivity index (χ0) is 12.9. The Morgan fingerprint density at radius 3 is 1.41 bits per heavy atom. The number of hydrogen-bond donors (Lipinski definition) is 0. The standard InChI is InChI=1S/C8H8.2C4H9.Sn/c1-7-5-3-4-6-8(7)2;2*1-4(2)3;/h3-6H,1-2H2;2*1-3H3;. The minimum atomic E-state index is -2.22. The summed E-state index contributed by atoms with van der Waals surface area (Å²) in [5, 5.41) is 0. The van der Waals surface area contributed by atoms with Crippen LogP contribution in [0.4, 0.5) is 0 Å². The molecule has 1 aliphatic heterocycles. The molecule has 17 heavy (non-hydrogen) atoms. The van der Waals surface area contributed by atoms with Crippen molar-refractivity contribution in [1.29, 1.82) is 0 Å². The van der Waals surface area contributed by atoms with Gasteiger partial charge in [-0.3, -0.25) is 0 Å². The summed E-state index contributed by atoms with van der Waals surface area (Å²) >= 11 is -2.22. The molecule has 0 amide bonds. The average Bonchev–Trinajstić information content (AvgIpc) is 2.55. The first-order valence-electron chi connectivity index (χ1n) is 6.74. The third kappa shape index (κ3) is 2.07. The molecule has 1 heterocycles. The van der Waals surface area contributed by atoms with Crippen LogP contribution in [0.25, 0.3) is 0 Å². The van der Waals surface area contributed by atoms with Crippen LogP contribution in [0.15, 0.2) is 24.3 Å². The van der Waals surface area contributed by atoms with E-state index >= 15 is 0 Å². The average molecular weight is 337 g/mol. The minimum absolute atomic E-state index is 0.548. The summed E-state index contributed by atoms with van der Waals surface area (Å²) in [7, 11) is 0. The summed E-state index contributed by atoms with van der Waals surface area (Å²) < 4.78 is 3.98.